The molecule has 3 heteroatoms. The Kier molecular flexibility index (Phi) is 8.60. The van der Waals surface area contributed by atoms with Crippen LogP contribution in [0.2, 0.25) is 0 Å². The van der Waals surface area contributed by atoms with Gasteiger partial charge in [0.05, 0.1) is 5.69 Å². The van der Waals surface area contributed by atoms with Gasteiger partial charge in [-0.05, 0) is 156 Å². The minimum atomic E-state index is -2.37. The van der Waals surface area contributed by atoms with E-state index in [9.17, 15) is 0 Å². The van der Waals surface area contributed by atoms with Gasteiger partial charge in [-0.2, -0.15) is 0 Å². The number of benzene rings is 7. The van der Waals surface area contributed by atoms with Crippen LogP contribution in [0.15, 0.2) is 140 Å². The summed E-state index contributed by atoms with van der Waals surface area (Å²) >= 11 is 0. The first-order valence-corrected chi connectivity index (χ1v) is 23.0. The van der Waals surface area contributed by atoms with E-state index in [1.807, 2.05) is 12.1 Å². The molecule has 0 saturated carbocycles. The zero-order valence-electron chi connectivity index (χ0n) is 42.2. The quantitative estimate of drug-likeness (QED) is 0.163. The number of hydrogen-bond acceptors (Lipinski definition) is 2. The highest BCUT2D eigenvalue weighted by Gasteiger charge is 2.46. The molecule has 0 N–H and O–H groups in total. The fraction of sp³-hybridized carbons (Fsp3) is 0.300. The fourth-order valence-electron chi connectivity index (χ4n) is 10.8. The molecule has 10 rings (SSSR count). The van der Waals surface area contributed by atoms with Crippen LogP contribution >= 0.6 is 0 Å². The summed E-state index contributed by atoms with van der Waals surface area (Å²) in [7, 11) is 0. The topological polar surface area (TPSA) is 6.48 Å². The molecule has 2 aliphatic heterocycles. The van der Waals surface area contributed by atoms with Crippen LogP contribution in [-0.2, 0) is 29.1 Å². The zero-order chi connectivity index (χ0) is 46.9. The summed E-state index contributed by atoms with van der Waals surface area (Å²) in [5, 5.41) is 0. The van der Waals surface area contributed by atoms with Crippen LogP contribution in [-0.4, -0.2) is 6.71 Å². The predicted octanol–water partition coefficient (Wildman–Crippen LogP) is 14.4. The van der Waals surface area contributed by atoms with Crippen molar-refractivity contribution in [3.05, 3.63) is 173 Å². The molecule has 3 aliphatic rings. The molecule has 0 saturated heterocycles. The molecule has 316 valence electrons. The van der Waals surface area contributed by atoms with Gasteiger partial charge >= 0.3 is 0 Å². The Labute approximate surface area is 382 Å². The van der Waals surface area contributed by atoms with Gasteiger partial charge in [0.2, 0.25) is 0 Å². The molecule has 1 aliphatic carbocycles. The Balaban J connectivity index is 1.37. The summed E-state index contributed by atoms with van der Waals surface area (Å²) in [6, 6.07) is 51.3. The van der Waals surface area contributed by atoms with Gasteiger partial charge in [-0.1, -0.05) is 167 Å². The third-order valence-corrected chi connectivity index (χ3v) is 13.9. The Morgan fingerprint density at radius 2 is 1.05 bits per heavy atom. The van der Waals surface area contributed by atoms with E-state index >= 15 is 0 Å². The average Bonchev–Trinajstić information content (AvgIpc) is 3.56. The lowest BCUT2D eigenvalue weighted by atomic mass is 9.33. The molecule has 0 spiro atoms. The lowest BCUT2D eigenvalue weighted by Crippen LogP contribution is -2.61. The maximum atomic E-state index is 9.12. The Morgan fingerprint density at radius 1 is 0.492 bits per heavy atom. The summed E-state index contributed by atoms with van der Waals surface area (Å²) < 4.78 is 27.3. The van der Waals surface area contributed by atoms with E-state index in [4.69, 9.17) is 4.11 Å². The first-order valence-electron chi connectivity index (χ1n) is 24.5. The zero-order valence-corrected chi connectivity index (χ0v) is 39.2. The van der Waals surface area contributed by atoms with E-state index < -0.39 is 6.85 Å². The first kappa shape index (κ1) is 37.7. The van der Waals surface area contributed by atoms with E-state index in [-0.39, 0.29) is 28.4 Å². The van der Waals surface area contributed by atoms with E-state index in [0.717, 1.165) is 69.1 Å². The molecule has 0 amide bonds. The van der Waals surface area contributed by atoms with Crippen molar-refractivity contribution in [2.45, 2.75) is 112 Å². The van der Waals surface area contributed by atoms with Crippen molar-refractivity contribution in [1.29, 1.82) is 0 Å². The number of hydrogen-bond donors (Lipinski definition) is 0. The van der Waals surface area contributed by atoms with Gasteiger partial charge in [-0.15, -0.1) is 0 Å². The van der Waals surface area contributed by atoms with Crippen LogP contribution in [0.4, 0.5) is 34.1 Å². The van der Waals surface area contributed by atoms with E-state index in [2.05, 4.69) is 213 Å². The largest absolute Gasteiger partial charge is 0.311 e. The molecule has 0 aromatic heterocycles. The lowest BCUT2D eigenvalue weighted by Gasteiger charge is -2.45. The second-order valence-corrected chi connectivity index (χ2v) is 22.4. The summed E-state index contributed by atoms with van der Waals surface area (Å²) in [5.74, 6) is 0. The fourth-order valence-corrected chi connectivity index (χ4v) is 10.8. The molecule has 0 atom stereocenters. The van der Waals surface area contributed by atoms with Gasteiger partial charge in [-0.25, -0.2) is 0 Å². The molecular weight excluding hydrogens is 759 g/mol. The lowest BCUT2D eigenvalue weighted by molar-refractivity contribution is 0.392. The van der Waals surface area contributed by atoms with Crippen LogP contribution in [0.3, 0.4) is 0 Å². The van der Waals surface area contributed by atoms with Crippen LogP contribution in [0, 0.1) is 12.3 Å². The standard InChI is InChI=1S/C60H63BN2/c1-38-29-54-56-55(30-38)63(52-35-46(39-19-15-13-16-20-39)48(59(8,9)10)34-47(52)40-21-17-14-18-22-40)53-32-42-37-60(11,12)36-41(42)31-49(53)61(56)50-33-44(58(5,6)7)25-28-51(50)62(54)45-26-23-43(24-27-45)57(2,3)4/h13-35H,36-37H2,1-12H3/i1D3. The van der Waals surface area contributed by atoms with Crippen molar-refractivity contribution in [3.63, 3.8) is 0 Å². The molecule has 0 radical (unpaired) electrons. The highest BCUT2D eigenvalue weighted by Crippen LogP contribution is 2.51. The molecule has 7 aromatic rings. The molecular formula is C60H63BN2. The van der Waals surface area contributed by atoms with Crippen molar-refractivity contribution in [3.8, 4) is 22.3 Å². The van der Waals surface area contributed by atoms with E-state index in [0.29, 0.717) is 5.56 Å². The third-order valence-electron chi connectivity index (χ3n) is 13.9. The first-order chi connectivity index (χ1) is 31.0. The van der Waals surface area contributed by atoms with Crippen LogP contribution in [0.1, 0.15) is 114 Å². The van der Waals surface area contributed by atoms with Crippen LogP contribution in [0.25, 0.3) is 22.3 Å². The Hall–Kier alpha value is -5.80. The van der Waals surface area contributed by atoms with Crippen molar-refractivity contribution in [2.75, 3.05) is 9.80 Å². The minimum Gasteiger partial charge on any atom is -0.311 e. The number of nitrogens with zero attached hydrogens (tertiary/aromatic N) is 2. The summed E-state index contributed by atoms with van der Waals surface area (Å²) in [6.45, 7) is 22.8. The molecule has 63 heavy (non-hydrogen) atoms. The van der Waals surface area contributed by atoms with Crippen molar-refractivity contribution >= 4 is 57.2 Å². The normalized spacial score (nSPS) is 16.1. The maximum absolute atomic E-state index is 9.12. The van der Waals surface area contributed by atoms with E-state index in [1.165, 1.54) is 44.3 Å². The minimum absolute atomic E-state index is 0.0258. The molecule has 0 fully saturated rings. The van der Waals surface area contributed by atoms with Crippen LogP contribution < -0.4 is 26.2 Å². The van der Waals surface area contributed by atoms with Gasteiger partial charge in [0.25, 0.3) is 6.71 Å². The van der Waals surface area contributed by atoms with Crippen molar-refractivity contribution < 1.29 is 4.11 Å². The monoisotopic (exact) mass is 826 g/mol. The molecule has 7 aromatic carbocycles. The summed E-state index contributed by atoms with van der Waals surface area (Å²) in [6.07, 6.45) is 1.99. The maximum Gasteiger partial charge on any atom is 0.252 e. The van der Waals surface area contributed by atoms with Crippen molar-refractivity contribution in [1.82, 2.24) is 0 Å². The van der Waals surface area contributed by atoms with E-state index in [1.54, 1.807) is 0 Å². The Bertz CT molecular complexity index is 3040. The van der Waals surface area contributed by atoms with Gasteiger partial charge < -0.3 is 9.80 Å². The number of anilines is 6. The van der Waals surface area contributed by atoms with Gasteiger partial charge in [-0.3, -0.25) is 0 Å². The SMILES string of the molecule is [2H]C([2H])([2H])c1cc2c3c(c1)N(c1cc(-c4ccccc4)c(C(C)(C)C)cc1-c1ccccc1)c1cc4c(cc1B3c1cc(C(C)(C)C)ccc1N2c1ccc(C(C)(C)C)cc1)CC(C)(C)C4. The van der Waals surface area contributed by atoms with Gasteiger partial charge in [0.15, 0.2) is 0 Å². The Morgan fingerprint density at radius 3 is 1.63 bits per heavy atom. The summed E-state index contributed by atoms with van der Waals surface area (Å²) in [4.78, 5) is 4.82. The van der Waals surface area contributed by atoms with Gasteiger partial charge in [0.1, 0.15) is 0 Å². The molecule has 0 bridgehead atoms. The highest BCUT2D eigenvalue weighted by atomic mass is 15.2. The summed E-state index contributed by atoms with van der Waals surface area (Å²) in [5.41, 5.74) is 21.0. The third kappa shape index (κ3) is 7.04. The number of aryl methyl sites for hydroxylation is 1. The average molecular weight is 826 g/mol. The number of fused-ring (bicyclic) bond motifs is 5. The van der Waals surface area contributed by atoms with Crippen molar-refractivity contribution in [2.24, 2.45) is 5.41 Å². The van der Waals surface area contributed by atoms with Crippen LogP contribution in [0.5, 0.6) is 0 Å². The second kappa shape index (κ2) is 14.4. The molecule has 2 nitrogen and oxygen atoms in total. The second-order valence-electron chi connectivity index (χ2n) is 22.4. The molecule has 2 heterocycles. The highest BCUT2D eigenvalue weighted by molar-refractivity contribution is 7.00. The molecule has 0 unspecified atom stereocenters. The van der Waals surface area contributed by atoms with Gasteiger partial charge in [0, 0.05) is 38.1 Å². The smallest absolute Gasteiger partial charge is 0.252 e. The predicted molar refractivity (Wildman–Crippen MR) is 273 cm³/mol. The number of rotatable bonds is 4.